The summed E-state index contributed by atoms with van der Waals surface area (Å²) in [5.74, 6) is -0.678. The molecule has 0 fully saturated rings. The molecule has 0 saturated carbocycles. The lowest BCUT2D eigenvalue weighted by atomic mass is 9.92. The van der Waals surface area contributed by atoms with Crippen LogP contribution in [-0.2, 0) is 13.1 Å². The Morgan fingerprint density at radius 1 is 1.09 bits per heavy atom. The predicted molar refractivity (Wildman–Crippen MR) is 114 cm³/mol. The van der Waals surface area contributed by atoms with Gasteiger partial charge in [0.05, 0.1) is 12.2 Å². The van der Waals surface area contributed by atoms with Crippen molar-refractivity contribution in [2.24, 2.45) is 4.99 Å². The number of rotatable bonds is 7. The number of allylic oxidation sites excluding steroid dienone is 2. The lowest BCUT2D eigenvalue weighted by molar-refractivity contribution is -0.0585. The molecule has 0 saturated heterocycles. The second-order valence-electron chi connectivity index (χ2n) is 7.43. The highest BCUT2D eigenvalue weighted by atomic mass is 19.4. The van der Waals surface area contributed by atoms with Crippen LogP contribution in [0, 0.1) is 5.82 Å². The molecule has 0 unspecified atom stereocenters. The van der Waals surface area contributed by atoms with E-state index in [9.17, 15) is 22.4 Å². The standard InChI is InChI=1S/C23H24F4N4O/c1-28-21(23(25,26)27)19-4-2-3-5-20(19)30-14-18-12-16(10-11-29-18)22(32)31-13-15-6-8-17(24)9-7-15/h6-12,30H,2-5,13-14H2,1H3,(H,31,32)/b28-21+. The van der Waals surface area contributed by atoms with Crippen molar-refractivity contribution in [1.82, 2.24) is 15.6 Å². The molecular weight excluding hydrogens is 424 g/mol. The molecule has 3 rings (SSSR count). The monoisotopic (exact) mass is 448 g/mol. The minimum Gasteiger partial charge on any atom is -0.382 e. The summed E-state index contributed by atoms with van der Waals surface area (Å²) in [5.41, 5.74) is 1.52. The second kappa shape index (κ2) is 10.4. The van der Waals surface area contributed by atoms with Crippen molar-refractivity contribution >= 4 is 11.6 Å². The molecular formula is C23H24F4N4O. The molecule has 0 radical (unpaired) electrons. The van der Waals surface area contributed by atoms with E-state index in [2.05, 4.69) is 20.6 Å². The molecule has 2 N–H and O–H groups in total. The van der Waals surface area contributed by atoms with Crippen molar-refractivity contribution in [2.75, 3.05) is 7.05 Å². The first-order valence-electron chi connectivity index (χ1n) is 10.3. The summed E-state index contributed by atoms with van der Waals surface area (Å²) < 4.78 is 53.0. The zero-order chi connectivity index (χ0) is 23.1. The van der Waals surface area contributed by atoms with E-state index in [4.69, 9.17) is 0 Å². The van der Waals surface area contributed by atoms with Crippen LogP contribution in [0.1, 0.15) is 47.3 Å². The summed E-state index contributed by atoms with van der Waals surface area (Å²) in [6.07, 6.45) is -0.739. The molecule has 1 amide bonds. The number of hydrogen-bond donors (Lipinski definition) is 2. The number of carbonyl (C=O) groups is 1. The van der Waals surface area contributed by atoms with Gasteiger partial charge in [-0.2, -0.15) is 13.2 Å². The lowest BCUT2D eigenvalue weighted by Gasteiger charge is -2.24. The molecule has 2 aromatic rings. The van der Waals surface area contributed by atoms with Crippen molar-refractivity contribution < 1.29 is 22.4 Å². The first-order chi connectivity index (χ1) is 15.3. The lowest BCUT2D eigenvalue weighted by Crippen LogP contribution is -2.30. The average molecular weight is 448 g/mol. The van der Waals surface area contributed by atoms with Crippen molar-refractivity contribution in [3.8, 4) is 0 Å². The van der Waals surface area contributed by atoms with Crippen molar-refractivity contribution in [3.63, 3.8) is 0 Å². The van der Waals surface area contributed by atoms with Gasteiger partial charge in [0, 0.05) is 36.6 Å². The van der Waals surface area contributed by atoms with Crippen LogP contribution < -0.4 is 10.6 Å². The van der Waals surface area contributed by atoms with Gasteiger partial charge >= 0.3 is 6.18 Å². The highest BCUT2D eigenvalue weighted by Gasteiger charge is 2.39. The fraction of sp³-hybridized carbons (Fsp3) is 0.348. The number of aliphatic imine (C=N–C) groups is 1. The van der Waals surface area contributed by atoms with E-state index in [0.717, 1.165) is 19.0 Å². The van der Waals surface area contributed by atoms with Crippen LogP contribution in [0.15, 0.2) is 58.9 Å². The van der Waals surface area contributed by atoms with Gasteiger partial charge in [-0.25, -0.2) is 4.39 Å². The number of nitrogens with one attached hydrogen (secondary N) is 2. The quantitative estimate of drug-likeness (QED) is 0.477. The Kier molecular flexibility index (Phi) is 7.61. The van der Waals surface area contributed by atoms with E-state index >= 15 is 0 Å². The fourth-order valence-corrected chi connectivity index (χ4v) is 3.59. The number of halogens is 4. The molecule has 0 bridgehead atoms. The van der Waals surface area contributed by atoms with Crippen LogP contribution in [0.2, 0.25) is 0 Å². The van der Waals surface area contributed by atoms with Gasteiger partial charge < -0.3 is 10.6 Å². The molecule has 1 aromatic carbocycles. The number of nitrogens with zero attached hydrogens (tertiary/aromatic N) is 2. The van der Waals surface area contributed by atoms with E-state index < -0.39 is 11.9 Å². The highest BCUT2D eigenvalue weighted by molar-refractivity contribution is 6.04. The Hall–Kier alpha value is -3.23. The van der Waals surface area contributed by atoms with Crippen LogP contribution in [0.5, 0.6) is 0 Å². The Labute approximate surface area is 183 Å². The maximum atomic E-state index is 13.3. The molecule has 170 valence electrons. The third-order valence-electron chi connectivity index (χ3n) is 5.17. The zero-order valence-corrected chi connectivity index (χ0v) is 17.6. The number of aromatic nitrogens is 1. The Morgan fingerprint density at radius 2 is 1.81 bits per heavy atom. The summed E-state index contributed by atoms with van der Waals surface area (Å²) in [6.45, 7) is 0.425. The fourth-order valence-electron chi connectivity index (χ4n) is 3.59. The molecule has 1 aliphatic carbocycles. The van der Waals surface area contributed by atoms with Gasteiger partial charge in [-0.05, 0) is 55.5 Å². The molecule has 0 spiro atoms. The van der Waals surface area contributed by atoms with E-state index in [-0.39, 0.29) is 30.4 Å². The second-order valence-corrected chi connectivity index (χ2v) is 7.43. The van der Waals surface area contributed by atoms with E-state index in [1.165, 1.54) is 18.3 Å². The van der Waals surface area contributed by atoms with Crippen molar-refractivity contribution in [1.29, 1.82) is 0 Å². The molecule has 1 aromatic heterocycles. The minimum absolute atomic E-state index is 0.187. The molecule has 0 aliphatic heterocycles. The molecule has 5 nitrogen and oxygen atoms in total. The Morgan fingerprint density at radius 3 is 2.50 bits per heavy atom. The number of hydrogen-bond acceptors (Lipinski definition) is 4. The number of amides is 1. The SMILES string of the molecule is C/N=C(\C1=C(NCc2cc(C(=O)NCc3ccc(F)cc3)ccn2)CCCC1)C(F)(F)F. The van der Waals surface area contributed by atoms with Gasteiger partial charge in [-0.1, -0.05) is 12.1 Å². The van der Waals surface area contributed by atoms with Crippen molar-refractivity contribution in [2.45, 2.75) is 44.9 Å². The van der Waals surface area contributed by atoms with E-state index in [0.29, 0.717) is 36.2 Å². The number of benzene rings is 1. The van der Waals surface area contributed by atoms with Gasteiger partial charge in [0.15, 0.2) is 0 Å². The number of carbonyl (C=O) groups excluding carboxylic acids is 1. The topological polar surface area (TPSA) is 66.4 Å². The summed E-state index contributed by atoms with van der Waals surface area (Å²) >= 11 is 0. The smallest absolute Gasteiger partial charge is 0.382 e. The van der Waals surface area contributed by atoms with Crippen molar-refractivity contribution in [3.05, 3.63) is 76.5 Å². The van der Waals surface area contributed by atoms with Gasteiger partial charge in [0.2, 0.25) is 0 Å². The average Bonchev–Trinajstić information content (AvgIpc) is 2.77. The zero-order valence-electron chi connectivity index (χ0n) is 17.6. The van der Waals surface area contributed by atoms with Crippen LogP contribution in [-0.4, -0.2) is 29.8 Å². The maximum Gasteiger partial charge on any atom is 0.433 e. The van der Waals surface area contributed by atoms with Gasteiger partial charge in [0.1, 0.15) is 11.5 Å². The largest absolute Gasteiger partial charge is 0.433 e. The molecule has 0 atom stereocenters. The highest BCUT2D eigenvalue weighted by Crippen LogP contribution is 2.31. The summed E-state index contributed by atoms with van der Waals surface area (Å²) in [5, 5.41) is 5.83. The summed E-state index contributed by atoms with van der Waals surface area (Å²) in [7, 11) is 1.15. The van der Waals surface area contributed by atoms with Gasteiger partial charge in [-0.3, -0.25) is 14.8 Å². The third-order valence-corrected chi connectivity index (χ3v) is 5.17. The Bertz CT molecular complexity index is 1010. The predicted octanol–water partition coefficient (Wildman–Crippen LogP) is 4.70. The normalized spacial score (nSPS) is 15.0. The van der Waals surface area contributed by atoms with E-state index in [1.54, 1.807) is 24.3 Å². The van der Waals surface area contributed by atoms with Crippen LogP contribution in [0.4, 0.5) is 17.6 Å². The molecule has 32 heavy (non-hydrogen) atoms. The third kappa shape index (κ3) is 6.15. The van der Waals surface area contributed by atoms with E-state index in [1.807, 2.05) is 0 Å². The summed E-state index contributed by atoms with van der Waals surface area (Å²) in [4.78, 5) is 20.1. The van der Waals surface area contributed by atoms with Gasteiger partial charge in [0.25, 0.3) is 5.91 Å². The van der Waals surface area contributed by atoms with Gasteiger partial charge in [-0.15, -0.1) is 0 Å². The first-order valence-corrected chi connectivity index (χ1v) is 10.3. The first kappa shape index (κ1) is 23.4. The number of alkyl halides is 3. The number of pyridine rings is 1. The van der Waals surface area contributed by atoms with Crippen LogP contribution in [0.3, 0.4) is 0 Å². The molecule has 1 heterocycles. The van der Waals surface area contributed by atoms with Crippen LogP contribution >= 0.6 is 0 Å². The Balaban J connectivity index is 1.67. The summed E-state index contributed by atoms with van der Waals surface area (Å²) in [6, 6.07) is 8.96. The minimum atomic E-state index is -4.50. The van der Waals surface area contributed by atoms with Crippen LogP contribution in [0.25, 0.3) is 0 Å². The molecule has 9 heteroatoms. The molecule has 1 aliphatic rings. The maximum absolute atomic E-state index is 13.3.